The van der Waals surface area contributed by atoms with Gasteiger partial charge in [0.1, 0.15) is 0 Å². The first-order valence-corrected chi connectivity index (χ1v) is 8.72. The molecule has 0 aromatic heterocycles. The highest BCUT2D eigenvalue weighted by Gasteiger charge is 2.34. The molecule has 136 valence electrons. The van der Waals surface area contributed by atoms with E-state index in [0.29, 0.717) is 0 Å². The monoisotopic (exact) mass is 422 g/mol. The molecule has 1 atom stereocenters. The van der Waals surface area contributed by atoms with E-state index in [2.05, 4.69) is 26.1 Å². The first-order valence-electron chi connectivity index (χ1n) is 7.58. The Kier molecular flexibility index (Phi) is 13.5. The van der Waals surface area contributed by atoms with Crippen LogP contribution in [-0.4, -0.2) is 41.0 Å². The summed E-state index contributed by atoms with van der Waals surface area (Å²) in [5.74, 6) is 0. The van der Waals surface area contributed by atoms with E-state index in [9.17, 15) is 0 Å². The highest BCUT2D eigenvalue weighted by molar-refractivity contribution is 6.68. The largest absolute Gasteiger partial charge is 1.00 e. The Hall–Kier alpha value is 0.590. The van der Waals surface area contributed by atoms with Gasteiger partial charge in [-0.25, -0.2) is 0 Å². The van der Waals surface area contributed by atoms with Gasteiger partial charge in [0, 0.05) is 6.54 Å². The molecular formula is C16H27Cl5N2. The second-order valence-electron chi connectivity index (χ2n) is 5.35. The lowest BCUT2D eigenvalue weighted by Crippen LogP contribution is -3.00. The van der Waals surface area contributed by atoms with Crippen molar-refractivity contribution in [3.63, 3.8) is 0 Å². The minimum Gasteiger partial charge on any atom is -1.00 e. The van der Waals surface area contributed by atoms with Gasteiger partial charge in [-0.3, -0.25) is 0 Å². The zero-order valence-electron chi connectivity index (χ0n) is 13.9. The standard InChI is InChI=1S/C16H26Cl3N2.2ClH/c1-4-21(5-2,6-3)13-12-20-15(16(17,18)19)14-10-8-7-9-11-14;;/h7-11,15,20H,4-6,12-13H2,1-3H3;2*1H/q+1;;/p-1. The Labute approximate surface area is 168 Å². The molecular weight excluding hydrogens is 397 g/mol. The molecule has 0 fully saturated rings. The summed E-state index contributed by atoms with van der Waals surface area (Å²) >= 11 is 18.4. The van der Waals surface area contributed by atoms with Gasteiger partial charge in [-0.15, -0.1) is 12.4 Å². The number of hydrogen-bond acceptors (Lipinski definition) is 1. The van der Waals surface area contributed by atoms with Crippen LogP contribution in [0.15, 0.2) is 30.3 Å². The number of benzene rings is 1. The average Bonchev–Trinajstić information content (AvgIpc) is 2.48. The lowest BCUT2D eigenvalue weighted by molar-refractivity contribution is -0.922. The molecule has 7 heteroatoms. The number of hydrogen-bond donors (Lipinski definition) is 1. The highest BCUT2D eigenvalue weighted by Crippen LogP contribution is 2.39. The summed E-state index contributed by atoms with van der Waals surface area (Å²) in [5, 5.41) is 3.42. The molecule has 0 aliphatic carbocycles. The van der Waals surface area contributed by atoms with Crippen molar-refractivity contribution in [1.29, 1.82) is 0 Å². The SMILES string of the molecule is CC[N+](CC)(CC)CCNC(c1ccccc1)C(Cl)(Cl)Cl.Cl.[Cl-]. The third kappa shape index (κ3) is 8.00. The molecule has 1 aromatic carbocycles. The second kappa shape index (κ2) is 12.0. The zero-order chi connectivity index (χ0) is 15.9. The van der Waals surface area contributed by atoms with Gasteiger partial charge >= 0.3 is 0 Å². The maximum absolute atomic E-state index is 6.15. The molecule has 2 nitrogen and oxygen atoms in total. The predicted octanol–water partition coefficient (Wildman–Crippen LogP) is 1.99. The minimum absolute atomic E-state index is 0. The Bertz CT molecular complexity index is 396. The Morgan fingerprint density at radius 1 is 1.00 bits per heavy atom. The molecule has 1 unspecified atom stereocenters. The third-order valence-electron chi connectivity index (χ3n) is 4.41. The molecule has 0 bridgehead atoms. The smallest absolute Gasteiger partial charge is 0.209 e. The Morgan fingerprint density at radius 2 is 1.48 bits per heavy atom. The molecule has 1 rings (SSSR count). The fourth-order valence-corrected chi connectivity index (χ4v) is 3.27. The fourth-order valence-electron chi connectivity index (χ4n) is 2.66. The number of nitrogens with zero attached hydrogens (tertiary/aromatic N) is 1. The Morgan fingerprint density at radius 3 is 1.87 bits per heavy atom. The maximum Gasteiger partial charge on any atom is 0.209 e. The lowest BCUT2D eigenvalue weighted by Gasteiger charge is -2.37. The quantitative estimate of drug-likeness (QED) is 0.497. The van der Waals surface area contributed by atoms with Gasteiger partial charge in [0.25, 0.3) is 0 Å². The van der Waals surface area contributed by atoms with Gasteiger partial charge in [-0.1, -0.05) is 65.1 Å². The van der Waals surface area contributed by atoms with Crippen LogP contribution in [0.2, 0.25) is 0 Å². The summed E-state index contributed by atoms with van der Waals surface area (Å²) < 4.78 is -0.282. The summed E-state index contributed by atoms with van der Waals surface area (Å²) in [6, 6.07) is 9.57. The molecule has 0 aliphatic heterocycles. The Balaban J connectivity index is 0. The van der Waals surface area contributed by atoms with Crippen LogP contribution in [0.4, 0.5) is 0 Å². The molecule has 1 N–H and O–H groups in total. The van der Waals surface area contributed by atoms with Crippen LogP contribution in [0, 0.1) is 0 Å². The van der Waals surface area contributed by atoms with E-state index in [1.807, 2.05) is 30.3 Å². The normalized spacial score (nSPS) is 13.0. The summed E-state index contributed by atoms with van der Waals surface area (Å²) in [4.78, 5) is 0. The molecule has 0 spiro atoms. The van der Waals surface area contributed by atoms with Crippen LogP contribution in [-0.2, 0) is 0 Å². The van der Waals surface area contributed by atoms with Crippen LogP contribution in [0.3, 0.4) is 0 Å². The van der Waals surface area contributed by atoms with Crippen LogP contribution in [0.25, 0.3) is 0 Å². The number of alkyl halides is 3. The van der Waals surface area contributed by atoms with Gasteiger partial charge in [-0.05, 0) is 26.3 Å². The van der Waals surface area contributed by atoms with Crippen LogP contribution >= 0.6 is 47.2 Å². The van der Waals surface area contributed by atoms with E-state index in [0.717, 1.165) is 42.8 Å². The van der Waals surface area contributed by atoms with Crippen molar-refractivity contribution in [3.05, 3.63) is 35.9 Å². The van der Waals surface area contributed by atoms with Crippen molar-refractivity contribution in [2.45, 2.75) is 30.6 Å². The summed E-state index contributed by atoms with van der Waals surface area (Å²) in [7, 11) is 0. The lowest BCUT2D eigenvalue weighted by atomic mass is 10.1. The molecule has 0 radical (unpaired) electrons. The molecule has 0 heterocycles. The van der Waals surface area contributed by atoms with E-state index < -0.39 is 3.79 Å². The van der Waals surface area contributed by atoms with Gasteiger partial charge in [0.05, 0.1) is 32.2 Å². The predicted molar refractivity (Wildman–Crippen MR) is 101 cm³/mol. The van der Waals surface area contributed by atoms with Gasteiger partial charge in [-0.2, -0.15) is 0 Å². The van der Waals surface area contributed by atoms with E-state index in [1.165, 1.54) is 0 Å². The van der Waals surface area contributed by atoms with Crippen molar-refractivity contribution in [2.75, 3.05) is 32.7 Å². The summed E-state index contributed by atoms with van der Waals surface area (Å²) in [5.41, 5.74) is 1.00. The van der Waals surface area contributed by atoms with Crippen LogP contribution in [0.5, 0.6) is 0 Å². The van der Waals surface area contributed by atoms with Crippen molar-refractivity contribution in [2.24, 2.45) is 0 Å². The van der Waals surface area contributed by atoms with E-state index in [1.54, 1.807) is 0 Å². The first kappa shape index (κ1) is 25.8. The molecule has 1 aromatic rings. The van der Waals surface area contributed by atoms with E-state index >= 15 is 0 Å². The van der Waals surface area contributed by atoms with Gasteiger partial charge in [0.2, 0.25) is 3.79 Å². The maximum atomic E-state index is 6.15. The molecule has 23 heavy (non-hydrogen) atoms. The topological polar surface area (TPSA) is 12.0 Å². The molecule has 0 aliphatic rings. The van der Waals surface area contributed by atoms with Crippen LogP contribution < -0.4 is 17.7 Å². The first-order chi connectivity index (χ1) is 9.88. The van der Waals surface area contributed by atoms with Crippen LogP contribution in [0.1, 0.15) is 32.4 Å². The molecule has 0 saturated carbocycles. The van der Waals surface area contributed by atoms with Gasteiger partial charge in [0.15, 0.2) is 0 Å². The second-order valence-corrected chi connectivity index (χ2v) is 7.72. The van der Waals surface area contributed by atoms with E-state index in [4.69, 9.17) is 34.8 Å². The summed E-state index contributed by atoms with van der Waals surface area (Å²) in [6.45, 7) is 11.9. The van der Waals surface area contributed by atoms with Crippen molar-refractivity contribution < 1.29 is 16.9 Å². The van der Waals surface area contributed by atoms with Crippen molar-refractivity contribution in [3.8, 4) is 0 Å². The van der Waals surface area contributed by atoms with Crippen molar-refractivity contribution in [1.82, 2.24) is 5.32 Å². The molecule has 0 saturated heterocycles. The van der Waals surface area contributed by atoms with Crippen molar-refractivity contribution >= 4 is 47.2 Å². The number of likely N-dealkylation sites (N-methyl/N-ethyl adjacent to an activating group) is 1. The van der Waals surface area contributed by atoms with Gasteiger partial charge < -0.3 is 22.2 Å². The number of quaternary nitrogens is 1. The number of nitrogens with one attached hydrogen (secondary N) is 1. The minimum atomic E-state index is -1.36. The number of rotatable bonds is 8. The molecule has 0 amide bonds. The third-order valence-corrected chi connectivity index (χ3v) is 5.06. The van der Waals surface area contributed by atoms with E-state index in [-0.39, 0.29) is 30.9 Å². The zero-order valence-corrected chi connectivity index (χ0v) is 17.7. The number of halogens is 5. The summed E-state index contributed by atoms with van der Waals surface area (Å²) in [6.07, 6.45) is 0. The average molecular weight is 425 g/mol. The fraction of sp³-hybridized carbons (Fsp3) is 0.625. The highest BCUT2D eigenvalue weighted by atomic mass is 35.6.